The Balaban J connectivity index is 2.32. The third kappa shape index (κ3) is 6.06. The lowest BCUT2D eigenvalue weighted by Crippen LogP contribution is -2.16. The average molecular weight is 249 g/mol. The molecular formula is C16H27NO. The molecule has 0 radical (unpaired) electrons. The van der Waals surface area contributed by atoms with Gasteiger partial charge in [0.15, 0.2) is 0 Å². The molecule has 0 aliphatic carbocycles. The van der Waals surface area contributed by atoms with E-state index in [1.807, 2.05) is 12.1 Å². The van der Waals surface area contributed by atoms with Crippen molar-refractivity contribution in [3.8, 4) is 5.75 Å². The molecule has 2 nitrogen and oxygen atoms in total. The number of unbranched alkanes of at least 4 members (excludes halogenated alkanes) is 3. The molecule has 0 atom stereocenters. The van der Waals surface area contributed by atoms with E-state index >= 15 is 0 Å². The molecule has 18 heavy (non-hydrogen) atoms. The monoisotopic (exact) mass is 249 g/mol. The van der Waals surface area contributed by atoms with Crippen LogP contribution in [0, 0.1) is 0 Å². The second kappa shape index (κ2) is 8.98. The Kier molecular flexibility index (Phi) is 7.51. The molecule has 1 aromatic rings. The van der Waals surface area contributed by atoms with E-state index in [1.54, 1.807) is 0 Å². The molecule has 0 aliphatic rings. The summed E-state index contributed by atoms with van der Waals surface area (Å²) >= 11 is 0. The summed E-state index contributed by atoms with van der Waals surface area (Å²) in [5, 5.41) is 3.49. The first-order valence-electron chi connectivity index (χ1n) is 7.19. The Morgan fingerprint density at radius 1 is 1.11 bits per heavy atom. The Hall–Kier alpha value is -1.02. The molecule has 0 aromatic heterocycles. The minimum atomic E-state index is 0.232. The van der Waals surface area contributed by atoms with E-state index in [0.717, 1.165) is 18.8 Å². The van der Waals surface area contributed by atoms with Gasteiger partial charge in [-0.2, -0.15) is 0 Å². The fourth-order valence-corrected chi connectivity index (χ4v) is 1.92. The van der Waals surface area contributed by atoms with Gasteiger partial charge in [-0.05, 0) is 32.9 Å². The summed E-state index contributed by atoms with van der Waals surface area (Å²) in [6.45, 7) is 8.36. The van der Waals surface area contributed by atoms with Crippen molar-refractivity contribution in [2.24, 2.45) is 0 Å². The van der Waals surface area contributed by atoms with E-state index in [9.17, 15) is 0 Å². The maximum Gasteiger partial charge on any atom is 0.124 e. The molecule has 1 rings (SSSR count). The molecule has 0 amide bonds. The summed E-state index contributed by atoms with van der Waals surface area (Å²) in [4.78, 5) is 0. The summed E-state index contributed by atoms with van der Waals surface area (Å²) < 4.78 is 5.80. The van der Waals surface area contributed by atoms with Crippen LogP contribution in [0.4, 0.5) is 0 Å². The second-order valence-electron chi connectivity index (χ2n) is 5.01. The predicted molar refractivity (Wildman–Crippen MR) is 78.1 cm³/mol. The first kappa shape index (κ1) is 15.0. The van der Waals surface area contributed by atoms with Crippen LogP contribution in [0.2, 0.25) is 0 Å². The van der Waals surface area contributed by atoms with E-state index in [-0.39, 0.29) is 6.10 Å². The maximum absolute atomic E-state index is 5.80. The van der Waals surface area contributed by atoms with Crippen LogP contribution >= 0.6 is 0 Å². The van der Waals surface area contributed by atoms with Crippen molar-refractivity contribution >= 4 is 0 Å². The summed E-state index contributed by atoms with van der Waals surface area (Å²) in [6, 6.07) is 8.29. The SMILES string of the molecule is CCCCCCNCc1ccccc1OC(C)C. The van der Waals surface area contributed by atoms with Gasteiger partial charge in [-0.3, -0.25) is 0 Å². The summed E-state index contributed by atoms with van der Waals surface area (Å²) in [5.74, 6) is 1.01. The van der Waals surface area contributed by atoms with Gasteiger partial charge in [-0.25, -0.2) is 0 Å². The smallest absolute Gasteiger partial charge is 0.124 e. The van der Waals surface area contributed by atoms with Crippen molar-refractivity contribution in [1.29, 1.82) is 0 Å². The highest BCUT2D eigenvalue weighted by molar-refractivity contribution is 5.33. The number of rotatable bonds is 9. The number of nitrogens with one attached hydrogen (secondary N) is 1. The van der Waals surface area contributed by atoms with Crippen molar-refractivity contribution in [2.45, 2.75) is 59.1 Å². The summed E-state index contributed by atoms with van der Waals surface area (Å²) in [7, 11) is 0. The lowest BCUT2D eigenvalue weighted by Gasteiger charge is -2.14. The van der Waals surface area contributed by atoms with Gasteiger partial charge in [0.2, 0.25) is 0 Å². The van der Waals surface area contributed by atoms with Gasteiger partial charge in [0.25, 0.3) is 0 Å². The molecule has 0 fully saturated rings. The largest absolute Gasteiger partial charge is 0.491 e. The van der Waals surface area contributed by atoms with E-state index in [0.29, 0.717) is 0 Å². The standard InChI is InChI=1S/C16H27NO/c1-4-5-6-9-12-17-13-15-10-7-8-11-16(15)18-14(2)3/h7-8,10-11,14,17H,4-6,9,12-13H2,1-3H3. The van der Waals surface area contributed by atoms with Crippen LogP contribution in [-0.2, 0) is 6.54 Å². The molecule has 102 valence electrons. The van der Waals surface area contributed by atoms with Gasteiger partial charge in [-0.1, -0.05) is 44.4 Å². The minimum Gasteiger partial charge on any atom is -0.491 e. The molecule has 0 bridgehead atoms. The zero-order valence-electron chi connectivity index (χ0n) is 12.0. The number of hydrogen-bond acceptors (Lipinski definition) is 2. The molecule has 0 heterocycles. The average Bonchev–Trinajstić information content (AvgIpc) is 2.35. The van der Waals surface area contributed by atoms with Gasteiger partial charge in [-0.15, -0.1) is 0 Å². The van der Waals surface area contributed by atoms with E-state index in [2.05, 4.69) is 38.2 Å². The Morgan fingerprint density at radius 3 is 2.61 bits per heavy atom. The summed E-state index contributed by atoms with van der Waals surface area (Å²) in [5.41, 5.74) is 1.25. The first-order chi connectivity index (χ1) is 8.74. The van der Waals surface area contributed by atoms with Crippen molar-refractivity contribution < 1.29 is 4.74 Å². The number of hydrogen-bond donors (Lipinski definition) is 1. The van der Waals surface area contributed by atoms with Crippen LogP contribution in [-0.4, -0.2) is 12.6 Å². The molecule has 1 N–H and O–H groups in total. The van der Waals surface area contributed by atoms with Gasteiger partial charge in [0.1, 0.15) is 5.75 Å². The van der Waals surface area contributed by atoms with Crippen molar-refractivity contribution in [3.63, 3.8) is 0 Å². The summed E-state index contributed by atoms with van der Waals surface area (Å²) in [6.07, 6.45) is 5.46. The van der Waals surface area contributed by atoms with Gasteiger partial charge in [0.05, 0.1) is 6.10 Å². The fraction of sp³-hybridized carbons (Fsp3) is 0.625. The van der Waals surface area contributed by atoms with Crippen LogP contribution in [0.3, 0.4) is 0 Å². The second-order valence-corrected chi connectivity index (χ2v) is 5.01. The molecule has 2 heteroatoms. The van der Waals surface area contributed by atoms with Crippen LogP contribution < -0.4 is 10.1 Å². The van der Waals surface area contributed by atoms with E-state index in [4.69, 9.17) is 4.74 Å². The number of ether oxygens (including phenoxy) is 1. The third-order valence-corrected chi connectivity index (χ3v) is 2.86. The quantitative estimate of drug-likeness (QED) is 0.664. The topological polar surface area (TPSA) is 21.3 Å². The number of benzene rings is 1. The van der Waals surface area contributed by atoms with Gasteiger partial charge in [0, 0.05) is 12.1 Å². The molecule has 0 spiro atoms. The Labute approximate surface area is 112 Å². The third-order valence-electron chi connectivity index (χ3n) is 2.86. The van der Waals surface area contributed by atoms with Gasteiger partial charge < -0.3 is 10.1 Å². The number of para-hydroxylation sites is 1. The lowest BCUT2D eigenvalue weighted by molar-refractivity contribution is 0.239. The van der Waals surface area contributed by atoms with Crippen LogP contribution in [0.25, 0.3) is 0 Å². The van der Waals surface area contributed by atoms with Crippen LogP contribution in [0.15, 0.2) is 24.3 Å². The molecule has 1 aromatic carbocycles. The van der Waals surface area contributed by atoms with Crippen molar-refractivity contribution in [1.82, 2.24) is 5.32 Å². The highest BCUT2D eigenvalue weighted by atomic mass is 16.5. The highest BCUT2D eigenvalue weighted by Gasteiger charge is 2.03. The first-order valence-corrected chi connectivity index (χ1v) is 7.19. The van der Waals surface area contributed by atoms with Crippen LogP contribution in [0.1, 0.15) is 52.0 Å². The molecule has 0 unspecified atom stereocenters. The molecule has 0 saturated heterocycles. The Morgan fingerprint density at radius 2 is 1.89 bits per heavy atom. The Bertz CT molecular complexity index is 323. The highest BCUT2D eigenvalue weighted by Crippen LogP contribution is 2.19. The van der Waals surface area contributed by atoms with Crippen LogP contribution in [0.5, 0.6) is 5.75 Å². The predicted octanol–water partition coefficient (Wildman–Crippen LogP) is 4.14. The van der Waals surface area contributed by atoms with Crippen molar-refractivity contribution in [3.05, 3.63) is 29.8 Å². The van der Waals surface area contributed by atoms with Crippen molar-refractivity contribution in [2.75, 3.05) is 6.54 Å². The molecule has 0 saturated carbocycles. The zero-order chi connectivity index (χ0) is 13.2. The normalized spacial score (nSPS) is 10.9. The lowest BCUT2D eigenvalue weighted by atomic mass is 10.2. The fourth-order valence-electron chi connectivity index (χ4n) is 1.92. The minimum absolute atomic E-state index is 0.232. The maximum atomic E-state index is 5.80. The van der Waals surface area contributed by atoms with E-state index in [1.165, 1.54) is 31.2 Å². The molecular weight excluding hydrogens is 222 g/mol. The van der Waals surface area contributed by atoms with Gasteiger partial charge >= 0.3 is 0 Å². The van der Waals surface area contributed by atoms with E-state index < -0.39 is 0 Å². The molecule has 0 aliphatic heterocycles. The zero-order valence-corrected chi connectivity index (χ0v) is 12.0.